The molecule has 0 aliphatic carbocycles. The quantitative estimate of drug-likeness (QED) is 0.224. The summed E-state index contributed by atoms with van der Waals surface area (Å²) in [6, 6.07) is 10.8. The van der Waals surface area contributed by atoms with Gasteiger partial charge in [-0.25, -0.2) is 4.98 Å². The van der Waals surface area contributed by atoms with Crippen molar-refractivity contribution in [3.63, 3.8) is 0 Å². The topological polar surface area (TPSA) is 147 Å². The number of hydrogen-bond donors (Lipinski definition) is 4. The fourth-order valence-electron chi connectivity index (χ4n) is 3.39. The lowest BCUT2D eigenvalue weighted by Gasteiger charge is -2.22. The molecule has 4 N–H and O–H groups in total. The number of aliphatic hydroxyl groups excluding tert-OH is 1. The standard InChI is InChI=1S/C22H25B3N8O3S/c1-11-6-7-16(31-30-11)28-17-8-15(18(33-32-17)20(35)29-22(23,24)25)27-14-5-3-4-13(19(14)36-2)21-26-9-12(10-34)37-21/h3-9,34H,10,23-25H2,1-2H3,(H,29,35)(H2,27,28,31,32). The smallest absolute Gasteiger partial charge is 0.272 e. The van der Waals surface area contributed by atoms with Gasteiger partial charge in [-0.1, -0.05) is 6.07 Å². The van der Waals surface area contributed by atoms with Crippen molar-refractivity contribution < 1.29 is 14.6 Å². The molecule has 4 rings (SSSR count). The van der Waals surface area contributed by atoms with E-state index >= 15 is 0 Å². The second kappa shape index (κ2) is 11.0. The van der Waals surface area contributed by atoms with Gasteiger partial charge in [0.2, 0.25) is 0 Å². The van der Waals surface area contributed by atoms with Gasteiger partial charge in [0.1, 0.15) is 28.5 Å². The molecule has 0 fully saturated rings. The molecule has 0 saturated carbocycles. The Balaban J connectivity index is 1.74. The summed E-state index contributed by atoms with van der Waals surface area (Å²) in [4.78, 5) is 18.2. The van der Waals surface area contributed by atoms with Crippen LogP contribution in [0.25, 0.3) is 10.6 Å². The van der Waals surface area contributed by atoms with Crippen LogP contribution in [0.4, 0.5) is 23.0 Å². The fraction of sp³-hybridized carbons (Fsp3) is 0.182. The lowest BCUT2D eigenvalue weighted by molar-refractivity contribution is 0.0947. The van der Waals surface area contributed by atoms with Crippen molar-refractivity contribution >= 4 is 63.8 Å². The predicted molar refractivity (Wildman–Crippen MR) is 151 cm³/mol. The molecule has 0 atom stereocenters. The van der Waals surface area contributed by atoms with Crippen LogP contribution in [0.5, 0.6) is 5.75 Å². The minimum absolute atomic E-state index is 0.0893. The average Bonchev–Trinajstić information content (AvgIpc) is 3.34. The van der Waals surface area contributed by atoms with E-state index < -0.39 is 5.24 Å². The number of para-hydroxylation sites is 1. The SMILES string of the molecule is BC(B)(B)NC(=O)c1nnc(Nc2ccc(C)nn2)cc1Nc1cccc(-c2ncc(CO)s2)c1OC. The summed E-state index contributed by atoms with van der Waals surface area (Å²) < 4.78 is 5.74. The van der Waals surface area contributed by atoms with Gasteiger partial charge in [-0.2, -0.15) is 5.10 Å². The van der Waals surface area contributed by atoms with E-state index in [2.05, 4.69) is 41.3 Å². The first-order valence-electron chi connectivity index (χ1n) is 11.4. The third-order valence-electron chi connectivity index (χ3n) is 4.98. The molecule has 0 aliphatic heterocycles. The number of benzene rings is 1. The van der Waals surface area contributed by atoms with Gasteiger partial charge in [0.15, 0.2) is 23.1 Å². The van der Waals surface area contributed by atoms with Crippen LogP contribution in [0.3, 0.4) is 0 Å². The maximum absolute atomic E-state index is 13.1. The Kier molecular flexibility index (Phi) is 7.74. The summed E-state index contributed by atoms with van der Waals surface area (Å²) in [5, 5.41) is 35.5. The van der Waals surface area contributed by atoms with Crippen LogP contribution in [0.15, 0.2) is 42.6 Å². The van der Waals surface area contributed by atoms with Crippen LogP contribution in [-0.2, 0) is 6.61 Å². The number of aromatic nitrogens is 5. The van der Waals surface area contributed by atoms with Crippen molar-refractivity contribution in [3.05, 3.63) is 58.9 Å². The van der Waals surface area contributed by atoms with E-state index in [0.717, 1.165) is 16.1 Å². The Hall–Kier alpha value is -3.97. The lowest BCUT2D eigenvalue weighted by atomic mass is 9.49. The molecular weight excluding hydrogens is 489 g/mol. The van der Waals surface area contributed by atoms with Gasteiger partial charge >= 0.3 is 0 Å². The Labute approximate surface area is 220 Å². The number of rotatable bonds is 9. The molecule has 0 saturated heterocycles. The van der Waals surface area contributed by atoms with Crippen LogP contribution in [0.2, 0.25) is 0 Å². The van der Waals surface area contributed by atoms with Gasteiger partial charge in [0, 0.05) is 12.3 Å². The maximum Gasteiger partial charge on any atom is 0.272 e. The van der Waals surface area contributed by atoms with Crippen LogP contribution >= 0.6 is 11.3 Å². The van der Waals surface area contributed by atoms with E-state index in [1.807, 2.05) is 54.7 Å². The van der Waals surface area contributed by atoms with Gasteiger partial charge in [0.05, 0.1) is 41.2 Å². The highest BCUT2D eigenvalue weighted by atomic mass is 32.1. The number of carbonyl (C=O) groups excluding carboxylic acids is 1. The monoisotopic (exact) mass is 514 g/mol. The molecule has 0 bridgehead atoms. The predicted octanol–water partition coefficient (Wildman–Crippen LogP) is -0.0730. The number of aliphatic hydroxyl groups is 1. The van der Waals surface area contributed by atoms with Crippen molar-refractivity contribution in [3.8, 4) is 16.3 Å². The van der Waals surface area contributed by atoms with Gasteiger partial charge in [0.25, 0.3) is 5.91 Å². The van der Waals surface area contributed by atoms with Crippen molar-refractivity contribution in [1.29, 1.82) is 0 Å². The Morgan fingerprint density at radius 2 is 1.84 bits per heavy atom. The molecule has 0 aliphatic rings. The Morgan fingerprint density at radius 3 is 2.49 bits per heavy atom. The maximum atomic E-state index is 13.1. The first-order chi connectivity index (χ1) is 17.7. The molecular formula is C22H25B3N8O3S. The van der Waals surface area contributed by atoms with Gasteiger partial charge in [-0.05, 0) is 36.4 Å². The van der Waals surface area contributed by atoms with E-state index in [4.69, 9.17) is 4.74 Å². The Morgan fingerprint density at radius 1 is 1.05 bits per heavy atom. The van der Waals surface area contributed by atoms with Crippen molar-refractivity contribution in [1.82, 2.24) is 30.7 Å². The van der Waals surface area contributed by atoms with Gasteiger partial charge in [-0.15, -0.1) is 26.6 Å². The van der Waals surface area contributed by atoms with E-state index in [1.54, 1.807) is 25.4 Å². The van der Waals surface area contributed by atoms with Crippen molar-refractivity contribution in [2.24, 2.45) is 0 Å². The van der Waals surface area contributed by atoms with Gasteiger partial charge < -0.3 is 25.8 Å². The zero-order valence-electron chi connectivity index (χ0n) is 21.2. The van der Waals surface area contributed by atoms with E-state index in [-0.39, 0.29) is 18.2 Å². The highest BCUT2D eigenvalue weighted by molar-refractivity contribution is 7.15. The Bertz CT molecular complexity index is 1410. The number of thiazole rings is 1. The van der Waals surface area contributed by atoms with Crippen LogP contribution < -0.4 is 20.7 Å². The number of amides is 1. The molecule has 3 heterocycles. The molecule has 3 aromatic heterocycles. The number of nitrogens with one attached hydrogen (secondary N) is 3. The third-order valence-corrected chi connectivity index (χ3v) is 6.00. The van der Waals surface area contributed by atoms with E-state index in [0.29, 0.717) is 33.8 Å². The van der Waals surface area contributed by atoms with Crippen LogP contribution in [0.1, 0.15) is 21.1 Å². The lowest BCUT2D eigenvalue weighted by Crippen LogP contribution is -2.50. The first kappa shape index (κ1) is 26.1. The third kappa shape index (κ3) is 6.43. The van der Waals surface area contributed by atoms with Crippen LogP contribution in [-0.4, -0.2) is 72.3 Å². The molecule has 37 heavy (non-hydrogen) atoms. The highest BCUT2D eigenvalue weighted by Gasteiger charge is 2.22. The number of anilines is 4. The minimum Gasteiger partial charge on any atom is -0.494 e. The van der Waals surface area contributed by atoms with E-state index in [9.17, 15) is 9.90 Å². The summed E-state index contributed by atoms with van der Waals surface area (Å²) in [5.74, 6) is 1.00. The number of ether oxygens (including phenoxy) is 1. The molecule has 0 radical (unpaired) electrons. The average molecular weight is 514 g/mol. The second-order valence-corrected chi connectivity index (χ2v) is 10.3. The summed E-state index contributed by atoms with van der Waals surface area (Å²) in [5.41, 5.74) is 2.64. The zero-order chi connectivity index (χ0) is 26.6. The molecule has 15 heteroatoms. The molecule has 1 aromatic carbocycles. The van der Waals surface area contributed by atoms with E-state index in [1.165, 1.54) is 11.3 Å². The molecule has 1 amide bonds. The number of methoxy groups -OCH3 is 1. The summed E-state index contributed by atoms with van der Waals surface area (Å²) in [6.45, 7) is 1.76. The molecule has 0 spiro atoms. The highest BCUT2D eigenvalue weighted by Crippen LogP contribution is 2.40. The first-order valence-corrected chi connectivity index (χ1v) is 12.3. The molecule has 11 nitrogen and oxygen atoms in total. The number of hydrogen-bond acceptors (Lipinski definition) is 11. The minimum atomic E-state index is -0.475. The fourth-order valence-corrected chi connectivity index (χ4v) is 4.18. The number of carbonyl (C=O) groups is 1. The van der Waals surface area contributed by atoms with Crippen molar-refractivity contribution in [2.45, 2.75) is 18.8 Å². The number of aryl methyl sites for hydroxylation is 1. The van der Waals surface area contributed by atoms with Gasteiger partial charge in [-0.3, -0.25) is 4.79 Å². The van der Waals surface area contributed by atoms with Crippen molar-refractivity contribution in [2.75, 3.05) is 17.7 Å². The molecule has 186 valence electrons. The summed E-state index contributed by atoms with van der Waals surface area (Å²) in [7, 11) is 7.22. The zero-order valence-corrected chi connectivity index (χ0v) is 22.0. The molecule has 0 unspecified atom stereocenters. The normalized spacial score (nSPS) is 11.1. The van der Waals surface area contributed by atoms with Crippen LogP contribution in [0, 0.1) is 6.92 Å². The molecule has 4 aromatic rings. The summed E-state index contributed by atoms with van der Waals surface area (Å²) in [6.07, 6.45) is 1.63. The largest absolute Gasteiger partial charge is 0.494 e. The second-order valence-electron chi connectivity index (χ2n) is 9.18. The number of nitrogens with zero attached hydrogens (tertiary/aromatic N) is 5. The summed E-state index contributed by atoms with van der Waals surface area (Å²) >= 11 is 1.37.